The van der Waals surface area contributed by atoms with Gasteiger partial charge in [-0.1, -0.05) is 34.8 Å². The first-order chi connectivity index (χ1) is 13.0. The zero-order valence-electron chi connectivity index (χ0n) is 13.8. The molecule has 0 unspecified atom stereocenters. The van der Waals surface area contributed by atoms with E-state index in [9.17, 15) is 20.1 Å². The highest BCUT2D eigenvalue weighted by Gasteiger charge is 2.51. The maximum Gasteiger partial charge on any atom is 0.280 e. The van der Waals surface area contributed by atoms with Crippen molar-refractivity contribution in [1.82, 2.24) is 19.5 Å². The molecule has 0 spiro atoms. The number of nitrogens with one attached hydrogen (secondary N) is 1. The molecule has 3 heterocycles. The molecule has 1 saturated heterocycles. The van der Waals surface area contributed by atoms with Gasteiger partial charge in [-0.05, 0) is 0 Å². The van der Waals surface area contributed by atoms with E-state index in [1.165, 1.54) is 4.57 Å². The van der Waals surface area contributed by atoms with Crippen LogP contribution >= 0.6 is 34.8 Å². The first-order valence-electron chi connectivity index (χ1n) is 7.79. The lowest BCUT2D eigenvalue weighted by Crippen LogP contribution is -2.48. The Kier molecular flexibility index (Phi) is 6.06. The lowest BCUT2D eigenvalue weighted by molar-refractivity contribution is -0.134. The fourth-order valence-electron chi connectivity index (χ4n) is 2.73. The van der Waals surface area contributed by atoms with Gasteiger partial charge in [-0.2, -0.15) is 4.98 Å². The predicted octanol–water partition coefficient (Wildman–Crippen LogP) is -1.61. The second-order valence-electron chi connectivity index (χ2n) is 6.01. The lowest BCUT2D eigenvalue weighted by atomic mass is 10.0. The van der Waals surface area contributed by atoms with Crippen molar-refractivity contribution in [3.8, 4) is 0 Å². The Morgan fingerprint density at radius 1 is 1.32 bits per heavy atom. The molecule has 15 heteroatoms. The first-order valence-corrected chi connectivity index (χ1v) is 8.93. The number of alkyl halides is 3. The summed E-state index contributed by atoms with van der Waals surface area (Å²) >= 11 is 17.4. The number of aliphatic hydroxyl groups is 4. The van der Waals surface area contributed by atoms with E-state index in [1.807, 2.05) is 0 Å². The number of hydrogen-bond acceptors (Lipinski definition) is 10. The predicted molar refractivity (Wildman–Crippen MR) is 96.7 cm³/mol. The van der Waals surface area contributed by atoms with E-state index in [0.717, 1.165) is 6.33 Å². The van der Waals surface area contributed by atoms with Crippen molar-refractivity contribution in [2.24, 2.45) is 0 Å². The van der Waals surface area contributed by atoms with Gasteiger partial charge >= 0.3 is 0 Å². The molecule has 0 saturated carbocycles. The molecular weight excluding hydrogens is 445 g/mol. The SMILES string of the molecule is Nc1nc2c(ncn2[C@@H]2O[C@@H](C(Cl)(Cl)Cl)O[C@@H]2[C@H](O)[C@H](O)[C@H](O)CO)c(=O)[nH]1. The van der Waals surface area contributed by atoms with Crippen LogP contribution in [-0.4, -0.2) is 81.1 Å². The van der Waals surface area contributed by atoms with Crippen molar-refractivity contribution in [1.29, 1.82) is 0 Å². The van der Waals surface area contributed by atoms with Gasteiger partial charge in [0.05, 0.1) is 12.9 Å². The number of nitrogens with zero attached hydrogens (tertiary/aromatic N) is 3. The van der Waals surface area contributed by atoms with Crippen LogP contribution in [0.5, 0.6) is 0 Å². The molecular formula is C13H16Cl3N5O7. The molecule has 6 atom stereocenters. The number of nitrogens with two attached hydrogens (primary N) is 1. The molecule has 1 aliphatic heterocycles. The van der Waals surface area contributed by atoms with E-state index in [-0.39, 0.29) is 17.1 Å². The Morgan fingerprint density at radius 3 is 2.61 bits per heavy atom. The zero-order chi connectivity index (χ0) is 20.8. The van der Waals surface area contributed by atoms with Crippen molar-refractivity contribution in [3.63, 3.8) is 0 Å². The van der Waals surface area contributed by atoms with Gasteiger partial charge < -0.3 is 35.6 Å². The fraction of sp³-hybridized carbons (Fsp3) is 0.615. The molecule has 28 heavy (non-hydrogen) atoms. The van der Waals surface area contributed by atoms with Crippen molar-refractivity contribution < 1.29 is 29.9 Å². The quantitative estimate of drug-likeness (QED) is 0.283. The third kappa shape index (κ3) is 3.92. The number of nitrogen functional groups attached to an aromatic ring is 1. The number of anilines is 1. The normalized spacial score (nSPS) is 26.5. The number of aromatic nitrogens is 4. The van der Waals surface area contributed by atoms with E-state index in [0.29, 0.717) is 0 Å². The van der Waals surface area contributed by atoms with Gasteiger partial charge in [0.1, 0.15) is 24.4 Å². The average molecular weight is 461 g/mol. The third-order valence-corrected chi connectivity index (χ3v) is 4.62. The Labute approximate surface area is 171 Å². The van der Waals surface area contributed by atoms with Gasteiger partial charge in [-0.25, -0.2) is 4.98 Å². The molecule has 7 N–H and O–H groups in total. The van der Waals surface area contributed by atoms with Crippen LogP contribution < -0.4 is 11.3 Å². The van der Waals surface area contributed by atoms with E-state index < -0.39 is 52.9 Å². The molecule has 12 nitrogen and oxygen atoms in total. The number of halogens is 3. The topological polar surface area (TPSA) is 189 Å². The highest BCUT2D eigenvalue weighted by molar-refractivity contribution is 6.67. The van der Waals surface area contributed by atoms with Crippen LogP contribution in [0.25, 0.3) is 11.2 Å². The number of ether oxygens (including phenoxy) is 2. The summed E-state index contributed by atoms with van der Waals surface area (Å²) < 4.78 is 10.1. The molecule has 1 fully saturated rings. The van der Waals surface area contributed by atoms with Crippen molar-refractivity contribution in [3.05, 3.63) is 16.7 Å². The minimum Gasteiger partial charge on any atom is -0.394 e. The molecule has 0 amide bonds. The maximum absolute atomic E-state index is 12.0. The number of fused-ring (bicyclic) bond motifs is 1. The van der Waals surface area contributed by atoms with Crippen LogP contribution in [0.15, 0.2) is 11.1 Å². The van der Waals surface area contributed by atoms with Crippen LogP contribution in [-0.2, 0) is 9.47 Å². The van der Waals surface area contributed by atoms with Crippen LogP contribution in [0.2, 0.25) is 0 Å². The summed E-state index contributed by atoms with van der Waals surface area (Å²) in [4.78, 5) is 22.1. The summed E-state index contributed by atoms with van der Waals surface area (Å²) in [6.45, 7) is -0.828. The Bertz CT molecular complexity index is 903. The average Bonchev–Trinajstić information content (AvgIpc) is 3.23. The standard InChI is InChI=1S/C13H16Cl3N5O7/c14-13(15,16)11-27-7(6(25)5(24)3(23)1-22)10(28-11)21-2-18-4-8(21)19-12(17)20-9(4)26/h2-3,5-7,10-11,22-25H,1H2,(H3,17,19,20,26)/t3-,5-,6-,7-,10-,11+/m1/s1. The first kappa shape index (κ1) is 21.5. The third-order valence-electron chi connectivity index (χ3n) is 4.08. The summed E-state index contributed by atoms with van der Waals surface area (Å²) in [7, 11) is 0. The number of H-pyrrole nitrogens is 1. The summed E-state index contributed by atoms with van der Waals surface area (Å²) in [5.41, 5.74) is 4.83. The van der Waals surface area contributed by atoms with Crippen molar-refractivity contribution in [2.75, 3.05) is 12.3 Å². The molecule has 0 aromatic carbocycles. The molecule has 0 aliphatic carbocycles. The second-order valence-corrected chi connectivity index (χ2v) is 8.38. The highest BCUT2D eigenvalue weighted by atomic mass is 35.6. The van der Waals surface area contributed by atoms with E-state index >= 15 is 0 Å². The van der Waals surface area contributed by atoms with E-state index in [2.05, 4.69) is 15.0 Å². The molecule has 1 aliphatic rings. The van der Waals surface area contributed by atoms with Gasteiger partial charge in [0.2, 0.25) is 16.0 Å². The number of imidazole rings is 1. The summed E-state index contributed by atoms with van der Waals surface area (Å²) in [6.07, 6.45) is -8.31. The summed E-state index contributed by atoms with van der Waals surface area (Å²) in [6, 6.07) is 0. The van der Waals surface area contributed by atoms with Gasteiger partial charge in [0, 0.05) is 0 Å². The summed E-state index contributed by atoms with van der Waals surface area (Å²) in [5, 5.41) is 39.1. The molecule has 0 bridgehead atoms. The van der Waals surface area contributed by atoms with Crippen LogP contribution in [0.4, 0.5) is 5.95 Å². The smallest absolute Gasteiger partial charge is 0.280 e. The second kappa shape index (κ2) is 7.89. The Balaban J connectivity index is 2.04. The van der Waals surface area contributed by atoms with E-state index in [1.54, 1.807) is 0 Å². The number of rotatable bonds is 5. The fourth-order valence-corrected chi connectivity index (χ4v) is 3.04. The number of hydrogen-bond donors (Lipinski definition) is 6. The molecule has 0 radical (unpaired) electrons. The zero-order valence-corrected chi connectivity index (χ0v) is 16.1. The summed E-state index contributed by atoms with van der Waals surface area (Å²) in [5.74, 6) is -0.205. The Hall–Kier alpha value is -1.22. The number of aromatic amines is 1. The minimum atomic E-state index is -2.08. The van der Waals surface area contributed by atoms with E-state index in [4.69, 9.17) is 55.1 Å². The lowest BCUT2D eigenvalue weighted by Gasteiger charge is -2.28. The van der Waals surface area contributed by atoms with Gasteiger partial charge in [0.25, 0.3) is 5.56 Å². The molecule has 156 valence electrons. The van der Waals surface area contributed by atoms with Gasteiger partial charge in [0.15, 0.2) is 17.4 Å². The van der Waals surface area contributed by atoms with Crippen LogP contribution in [0, 0.1) is 0 Å². The largest absolute Gasteiger partial charge is 0.394 e. The molecule has 2 aromatic rings. The monoisotopic (exact) mass is 459 g/mol. The Morgan fingerprint density at radius 2 is 2.00 bits per heavy atom. The minimum absolute atomic E-state index is 0.0192. The van der Waals surface area contributed by atoms with Crippen LogP contribution in [0.1, 0.15) is 6.23 Å². The molecule has 2 aromatic heterocycles. The van der Waals surface area contributed by atoms with Gasteiger partial charge in [-0.3, -0.25) is 14.3 Å². The van der Waals surface area contributed by atoms with Gasteiger partial charge in [-0.15, -0.1) is 0 Å². The number of aliphatic hydroxyl groups excluding tert-OH is 4. The highest BCUT2D eigenvalue weighted by Crippen LogP contribution is 2.43. The van der Waals surface area contributed by atoms with Crippen LogP contribution in [0.3, 0.4) is 0 Å². The molecule has 3 rings (SSSR count). The maximum atomic E-state index is 12.0. The van der Waals surface area contributed by atoms with Crippen molar-refractivity contribution >= 4 is 51.9 Å². The van der Waals surface area contributed by atoms with Crippen molar-refractivity contribution in [2.45, 2.75) is 40.7 Å².